The minimum atomic E-state index is -0.180. The summed E-state index contributed by atoms with van der Waals surface area (Å²) in [4.78, 5) is 23.0. The number of rotatable bonds is 26. The highest BCUT2D eigenvalue weighted by atomic mass is 32.1. The summed E-state index contributed by atoms with van der Waals surface area (Å²) in [6.07, 6.45) is 24.3. The second kappa shape index (κ2) is 23.5. The van der Waals surface area contributed by atoms with E-state index in [1.165, 1.54) is 149 Å². The molecule has 0 saturated heterocycles. The highest BCUT2D eigenvalue weighted by Gasteiger charge is 2.24. The molecule has 0 saturated carbocycles. The molecule has 4 heterocycles. The van der Waals surface area contributed by atoms with Gasteiger partial charge in [0.05, 0.1) is 0 Å². The number of ether oxygens (including phenoxy) is 1. The van der Waals surface area contributed by atoms with Crippen LogP contribution in [0.3, 0.4) is 0 Å². The standard InChI is InChI=1S/C48H64O2S4/c1-5-9-13-20-26-37-30-31-51-44(37)41-32-38(27-21-14-10-6-2)45(52-41)42-33-39(28-22-15-11-7-3)46(53-42)43-34-40(29-23-16-12-8-4)47(54-43)48(49)50-35-36-24-18-17-19-25-36/h17-19,24-25,30-34H,5-16,20-23,26-29,35H2,1-4H3. The molecule has 2 nitrogen and oxygen atoms in total. The van der Waals surface area contributed by atoms with Crippen molar-refractivity contribution in [2.75, 3.05) is 0 Å². The quantitative estimate of drug-likeness (QED) is 0.0411. The zero-order chi connectivity index (χ0) is 38.0. The van der Waals surface area contributed by atoms with Gasteiger partial charge < -0.3 is 4.74 Å². The predicted octanol–water partition coefficient (Wildman–Crippen LogP) is 16.8. The van der Waals surface area contributed by atoms with Gasteiger partial charge in [0.1, 0.15) is 11.5 Å². The highest BCUT2D eigenvalue weighted by Crippen LogP contribution is 2.48. The molecule has 0 aliphatic heterocycles. The summed E-state index contributed by atoms with van der Waals surface area (Å²) >= 11 is 7.59. The van der Waals surface area contributed by atoms with Crippen LogP contribution in [0.4, 0.5) is 0 Å². The molecular formula is C48H64O2S4. The second-order valence-corrected chi connectivity index (χ2v) is 19.0. The third-order valence-electron chi connectivity index (χ3n) is 10.4. The molecule has 6 heteroatoms. The molecule has 0 amide bonds. The lowest BCUT2D eigenvalue weighted by Gasteiger charge is -2.06. The fourth-order valence-electron chi connectivity index (χ4n) is 7.28. The maximum Gasteiger partial charge on any atom is 0.348 e. The average Bonchev–Trinajstić information content (AvgIpc) is 4.01. The Kier molecular flexibility index (Phi) is 18.6. The lowest BCUT2D eigenvalue weighted by molar-refractivity contribution is 0.0477. The smallest absolute Gasteiger partial charge is 0.348 e. The molecular weight excluding hydrogens is 737 g/mol. The first-order chi connectivity index (χ1) is 26.6. The predicted molar refractivity (Wildman–Crippen MR) is 241 cm³/mol. The fraction of sp³-hybridized carbons (Fsp3) is 0.521. The Morgan fingerprint density at radius 2 is 0.963 bits per heavy atom. The minimum Gasteiger partial charge on any atom is -0.457 e. The van der Waals surface area contributed by atoms with Crippen LogP contribution in [0.25, 0.3) is 29.3 Å². The summed E-state index contributed by atoms with van der Waals surface area (Å²) in [7, 11) is 0. The summed E-state index contributed by atoms with van der Waals surface area (Å²) in [5.74, 6) is -0.180. The summed E-state index contributed by atoms with van der Waals surface area (Å²) in [5, 5.41) is 2.31. The van der Waals surface area contributed by atoms with Gasteiger partial charge in [-0.25, -0.2) is 4.79 Å². The van der Waals surface area contributed by atoms with Crippen LogP contribution in [0.1, 0.15) is 168 Å². The zero-order valence-electron chi connectivity index (χ0n) is 33.6. The number of benzene rings is 1. The van der Waals surface area contributed by atoms with Crippen molar-refractivity contribution in [1.29, 1.82) is 0 Å². The van der Waals surface area contributed by atoms with E-state index in [1.807, 2.05) is 64.3 Å². The van der Waals surface area contributed by atoms with Gasteiger partial charge in [0.2, 0.25) is 0 Å². The van der Waals surface area contributed by atoms with Gasteiger partial charge in [-0.05, 0) is 109 Å². The Morgan fingerprint density at radius 3 is 1.50 bits per heavy atom. The minimum absolute atomic E-state index is 0.180. The van der Waals surface area contributed by atoms with Crippen molar-refractivity contribution in [3.8, 4) is 29.3 Å². The molecule has 0 atom stereocenters. The Hall–Kier alpha value is -2.51. The number of carbonyl (C=O) groups excluding carboxylic acids is 1. The van der Waals surface area contributed by atoms with Crippen LogP contribution >= 0.6 is 45.3 Å². The number of unbranched alkanes of at least 4 members (excludes halogenated alkanes) is 12. The molecule has 0 unspecified atom stereocenters. The van der Waals surface area contributed by atoms with E-state index >= 15 is 0 Å². The Bertz CT molecular complexity index is 1800. The Balaban J connectivity index is 1.51. The highest BCUT2D eigenvalue weighted by molar-refractivity contribution is 7.28. The topological polar surface area (TPSA) is 26.3 Å². The molecule has 292 valence electrons. The monoisotopic (exact) mass is 800 g/mol. The van der Waals surface area contributed by atoms with E-state index < -0.39 is 0 Å². The molecule has 1 aromatic carbocycles. The number of hydrogen-bond acceptors (Lipinski definition) is 6. The van der Waals surface area contributed by atoms with Gasteiger partial charge in [0, 0.05) is 29.3 Å². The summed E-state index contributed by atoms with van der Waals surface area (Å²) < 4.78 is 5.96. The fourth-order valence-corrected chi connectivity index (χ4v) is 12.2. The molecule has 0 bridgehead atoms. The van der Waals surface area contributed by atoms with E-state index in [1.54, 1.807) is 11.3 Å². The zero-order valence-corrected chi connectivity index (χ0v) is 36.8. The average molecular weight is 801 g/mol. The Morgan fingerprint density at radius 1 is 0.500 bits per heavy atom. The van der Waals surface area contributed by atoms with E-state index in [0.29, 0.717) is 6.61 Å². The van der Waals surface area contributed by atoms with Crippen molar-refractivity contribution in [3.63, 3.8) is 0 Å². The summed E-state index contributed by atoms with van der Waals surface area (Å²) in [6.45, 7) is 9.45. The van der Waals surface area contributed by atoms with Crippen LogP contribution in [0.15, 0.2) is 60.0 Å². The van der Waals surface area contributed by atoms with Crippen LogP contribution in [-0.4, -0.2) is 5.97 Å². The van der Waals surface area contributed by atoms with Gasteiger partial charge >= 0.3 is 5.97 Å². The Labute approximate surface area is 343 Å². The number of carbonyl (C=O) groups is 1. The molecule has 0 aliphatic rings. The molecule has 0 N–H and O–H groups in total. The number of thiophene rings is 4. The molecule has 5 rings (SSSR count). The van der Waals surface area contributed by atoms with E-state index in [0.717, 1.165) is 41.7 Å². The number of esters is 1. The lowest BCUT2D eigenvalue weighted by atomic mass is 10.0. The van der Waals surface area contributed by atoms with Crippen LogP contribution in [0.2, 0.25) is 0 Å². The molecule has 0 aliphatic carbocycles. The second-order valence-electron chi connectivity index (χ2n) is 15.0. The largest absolute Gasteiger partial charge is 0.457 e. The molecule has 0 radical (unpaired) electrons. The van der Waals surface area contributed by atoms with Crippen molar-refractivity contribution in [3.05, 3.63) is 92.7 Å². The van der Waals surface area contributed by atoms with E-state index in [2.05, 4.69) is 57.3 Å². The van der Waals surface area contributed by atoms with Crippen molar-refractivity contribution in [2.45, 2.75) is 163 Å². The van der Waals surface area contributed by atoms with Crippen molar-refractivity contribution >= 4 is 51.3 Å². The van der Waals surface area contributed by atoms with Gasteiger partial charge in [-0.15, -0.1) is 45.3 Å². The SMILES string of the molecule is CCCCCCc1cc(-c2sc(-c3sc(-c4sccc4CCCCCC)cc3CCCCCC)cc2CCCCCC)sc1C(=O)OCc1ccccc1. The normalized spacial score (nSPS) is 11.5. The van der Waals surface area contributed by atoms with Gasteiger partial charge in [-0.3, -0.25) is 0 Å². The van der Waals surface area contributed by atoms with Gasteiger partial charge in [0.15, 0.2) is 0 Å². The molecule has 0 spiro atoms. The first-order valence-corrected chi connectivity index (χ1v) is 24.6. The molecule has 54 heavy (non-hydrogen) atoms. The lowest BCUT2D eigenvalue weighted by Crippen LogP contribution is -2.05. The van der Waals surface area contributed by atoms with Gasteiger partial charge in [-0.1, -0.05) is 135 Å². The van der Waals surface area contributed by atoms with Crippen LogP contribution in [0.5, 0.6) is 0 Å². The van der Waals surface area contributed by atoms with Crippen LogP contribution in [0, 0.1) is 0 Å². The van der Waals surface area contributed by atoms with Crippen molar-refractivity contribution in [2.24, 2.45) is 0 Å². The number of hydrogen-bond donors (Lipinski definition) is 0. The van der Waals surface area contributed by atoms with E-state index in [4.69, 9.17) is 4.74 Å². The summed E-state index contributed by atoms with van der Waals surface area (Å²) in [6, 6.07) is 19.9. The molecule has 0 fully saturated rings. The summed E-state index contributed by atoms with van der Waals surface area (Å²) in [5.41, 5.74) is 6.69. The third kappa shape index (κ3) is 12.5. The van der Waals surface area contributed by atoms with Crippen LogP contribution in [-0.2, 0) is 37.0 Å². The molecule has 5 aromatic rings. The first kappa shape index (κ1) is 42.6. The van der Waals surface area contributed by atoms with E-state index in [9.17, 15) is 4.79 Å². The maximum atomic E-state index is 13.8. The number of aryl methyl sites for hydroxylation is 4. The third-order valence-corrected chi connectivity index (χ3v) is 15.5. The first-order valence-electron chi connectivity index (χ1n) is 21.2. The maximum absolute atomic E-state index is 13.8. The van der Waals surface area contributed by atoms with Gasteiger partial charge in [0.25, 0.3) is 0 Å². The molecule has 4 aromatic heterocycles. The van der Waals surface area contributed by atoms with Crippen molar-refractivity contribution in [1.82, 2.24) is 0 Å². The van der Waals surface area contributed by atoms with Crippen molar-refractivity contribution < 1.29 is 9.53 Å². The van der Waals surface area contributed by atoms with Gasteiger partial charge in [-0.2, -0.15) is 0 Å². The van der Waals surface area contributed by atoms with Crippen LogP contribution < -0.4 is 0 Å². The van der Waals surface area contributed by atoms with E-state index in [-0.39, 0.29) is 5.97 Å².